The van der Waals surface area contributed by atoms with Crippen LogP contribution >= 0.6 is 11.8 Å². The third kappa shape index (κ3) is 2.21. The van der Waals surface area contributed by atoms with E-state index in [1.807, 2.05) is 18.3 Å². The fraction of sp³-hybridized carbons (Fsp3) is 0.500. The van der Waals surface area contributed by atoms with Crippen molar-refractivity contribution in [2.24, 2.45) is 5.92 Å². The zero-order chi connectivity index (χ0) is 12.4. The number of nitrogens with zero attached hydrogens (tertiary/aromatic N) is 2. The number of aromatic nitrogens is 2. The number of fused-ring (bicyclic) bond motifs is 1. The molecule has 3 heterocycles. The Morgan fingerprint density at radius 1 is 1.50 bits per heavy atom. The Labute approximate surface area is 112 Å². The Morgan fingerprint density at radius 2 is 2.44 bits per heavy atom. The smallest absolute Gasteiger partial charge is 0.199 e. The lowest BCUT2D eigenvalue weighted by molar-refractivity contribution is 0.387. The van der Waals surface area contributed by atoms with Crippen LogP contribution in [0, 0.1) is 5.92 Å². The van der Waals surface area contributed by atoms with Gasteiger partial charge in [0.2, 0.25) is 0 Å². The van der Waals surface area contributed by atoms with Crippen molar-refractivity contribution >= 4 is 17.3 Å². The molecule has 0 spiro atoms. The molecule has 4 heteroatoms. The summed E-state index contributed by atoms with van der Waals surface area (Å²) in [5.41, 5.74) is 1.12. The molecule has 0 saturated carbocycles. The zero-order valence-electron chi connectivity index (χ0n) is 10.6. The van der Waals surface area contributed by atoms with Crippen molar-refractivity contribution in [3.8, 4) is 5.88 Å². The summed E-state index contributed by atoms with van der Waals surface area (Å²) >= 11 is 2.07. The molecule has 96 valence electrons. The van der Waals surface area contributed by atoms with Gasteiger partial charge in [-0.1, -0.05) is 6.07 Å². The molecule has 0 bridgehead atoms. The molecule has 1 unspecified atom stereocenters. The van der Waals surface area contributed by atoms with Crippen LogP contribution in [0.2, 0.25) is 0 Å². The lowest BCUT2D eigenvalue weighted by Crippen LogP contribution is -2.15. The van der Waals surface area contributed by atoms with Crippen LogP contribution in [0.5, 0.6) is 5.88 Å². The van der Waals surface area contributed by atoms with Crippen LogP contribution in [0.4, 0.5) is 0 Å². The van der Waals surface area contributed by atoms with Crippen LogP contribution < -0.4 is 4.74 Å². The average Bonchev–Trinajstić information content (AvgIpc) is 2.83. The van der Waals surface area contributed by atoms with Crippen LogP contribution in [0.1, 0.15) is 18.7 Å². The van der Waals surface area contributed by atoms with E-state index in [0.29, 0.717) is 0 Å². The number of pyridine rings is 1. The molecule has 0 amide bonds. The summed E-state index contributed by atoms with van der Waals surface area (Å²) in [5.74, 6) is 5.37. The summed E-state index contributed by atoms with van der Waals surface area (Å²) in [4.78, 5) is 4.57. The minimum absolute atomic E-state index is 0.763. The topological polar surface area (TPSA) is 26.5 Å². The van der Waals surface area contributed by atoms with E-state index in [-0.39, 0.29) is 0 Å². The molecule has 1 aliphatic rings. The Morgan fingerprint density at radius 3 is 3.22 bits per heavy atom. The van der Waals surface area contributed by atoms with Crippen LogP contribution in [-0.2, 0) is 6.42 Å². The number of methoxy groups -OCH3 is 1. The summed E-state index contributed by atoms with van der Waals surface area (Å²) < 4.78 is 7.57. The first-order chi connectivity index (χ1) is 8.88. The van der Waals surface area contributed by atoms with Gasteiger partial charge in [0.25, 0.3) is 0 Å². The van der Waals surface area contributed by atoms with Crippen LogP contribution in [0.3, 0.4) is 0 Å². The Bertz CT molecular complexity index is 532. The van der Waals surface area contributed by atoms with Crippen molar-refractivity contribution in [1.29, 1.82) is 0 Å². The van der Waals surface area contributed by atoms with E-state index in [0.717, 1.165) is 29.6 Å². The van der Waals surface area contributed by atoms with Crippen LogP contribution in [-0.4, -0.2) is 28.0 Å². The highest BCUT2D eigenvalue weighted by molar-refractivity contribution is 7.99. The van der Waals surface area contributed by atoms with Crippen molar-refractivity contribution in [1.82, 2.24) is 9.38 Å². The molecule has 2 aromatic rings. The molecular formula is C14H18N2OS. The normalized spacial score (nSPS) is 20.2. The minimum atomic E-state index is 0.763. The van der Waals surface area contributed by atoms with E-state index >= 15 is 0 Å². The molecule has 3 rings (SSSR count). The van der Waals surface area contributed by atoms with Gasteiger partial charge in [-0.05, 0) is 42.4 Å². The number of ether oxygens (including phenoxy) is 1. The summed E-state index contributed by atoms with van der Waals surface area (Å²) in [7, 11) is 1.72. The van der Waals surface area contributed by atoms with E-state index in [9.17, 15) is 0 Å². The van der Waals surface area contributed by atoms with Gasteiger partial charge in [-0.2, -0.15) is 11.8 Å². The van der Waals surface area contributed by atoms with E-state index in [1.54, 1.807) is 7.11 Å². The maximum atomic E-state index is 5.43. The fourth-order valence-electron chi connectivity index (χ4n) is 2.61. The molecule has 1 saturated heterocycles. The molecule has 0 radical (unpaired) electrons. The van der Waals surface area contributed by atoms with Gasteiger partial charge in [-0.3, -0.25) is 4.40 Å². The Balaban J connectivity index is 1.91. The summed E-state index contributed by atoms with van der Waals surface area (Å²) in [6.45, 7) is 0. The van der Waals surface area contributed by atoms with Crippen molar-refractivity contribution in [3.05, 3.63) is 30.2 Å². The van der Waals surface area contributed by atoms with Gasteiger partial charge in [0.05, 0.1) is 18.8 Å². The monoisotopic (exact) mass is 262 g/mol. The van der Waals surface area contributed by atoms with Crippen molar-refractivity contribution in [2.75, 3.05) is 18.6 Å². The summed E-state index contributed by atoms with van der Waals surface area (Å²) in [5, 5.41) is 0. The van der Waals surface area contributed by atoms with Crippen molar-refractivity contribution < 1.29 is 4.74 Å². The molecular weight excluding hydrogens is 244 g/mol. The molecule has 3 nitrogen and oxygen atoms in total. The van der Waals surface area contributed by atoms with Gasteiger partial charge in [0.15, 0.2) is 5.88 Å². The SMILES string of the molecule is COc1cccc2cnc(CC3CCCSC3)n12. The fourth-order valence-corrected chi connectivity index (χ4v) is 3.77. The Kier molecular flexibility index (Phi) is 3.46. The van der Waals surface area contributed by atoms with Crippen LogP contribution in [0.25, 0.3) is 5.52 Å². The second-order valence-electron chi connectivity index (χ2n) is 4.79. The maximum absolute atomic E-state index is 5.43. The first kappa shape index (κ1) is 11.9. The summed E-state index contributed by atoms with van der Waals surface area (Å²) in [6.07, 6.45) is 5.67. The first-order valence-corrected chi connectivity index (χ1v) is 7.61. The molecule has 0 aliphatic carbocycles. The minimum Gasteiger partial charge on any atom is -0.482 e. The third-order valence-electron chi connectivity index (χ3n) is 3.52. The predicted octanol–water partition coefficient (Wildman–Crippen LogP) is 3.03. The second-order valence-corrected chi connectivity index (χ2v) is 5.94. The van der Waals surface area contributed by atoms with Crippen molar-refractivity contribution in [3.63, 3.8) is 0 Å². The lowest BCUT2D eigenvalue weighted by atomic mass is 10.0. The standard InChI is InChI=1S/C14H18N2OS/c1-17-14-6-2-5-12-9-15-13(16(12)14)8-11-4-3-7-18-10-11/h2,5-6,9,11H,3-4,7-8,10H2,1H3. The highest BCUT2D eigenvalue weighted by atomic mass is 32.2. The Hall–Kier alpha value is -1.16. The second kappa shape index (κ2) is 5.22. The van der Waals surface area contributed by atoms with E-state index in [2.05, 4.69) is 27.2 Å². The molecule has 2 aromatic heterocycles. The lowest BCUT2D eigenvalue weighted by Gasteiger charge is -2.20. The molecule has 1 fully saturated rings. The third-order valence-corrected chi connectivity index (χ3v) is 4.81. The number of rotatable bonds is 3. The highest BCUT2D eigenvalue weighted by Crippen LogP contribution is 2.27. The molecule has 18 heavy (non-hydrogen) atoms. The van der Waals surface area contributed by atoms with E-state index in [1.165, 1.54) is 24.3 Å². The van der Waals surface area contributed by atoms with E-state index < -0.39 is 0 Å². The molecule has 1 aliphatic heterocycles. The van der Waals surface area contributed by atoms with Gasteiger partial charge in [-0.15, -0.1) is 0 Å². The zero-order valence-corrected chi connectivity index (χ0v) is 11.4. The number of imidazole rings is 1. The highest BCUT2D eigenvalue weighted by Gasteiger charge is 2.17. The van der Waals surface area contributed by atoms with Gasteiger partial charge in [-0.25, -0.2) is 4.98 Å². The van der Waals surface area contributed by atoms with Crippen molar-refractivity contribution in [2.45, 2.75) is 19.3 Å². The van der Waals surface area contributed by atoms with E-state index in [4.69, 9.17) is 4.74 Å². The van der Waals surface area contributed by atoms with Gasteiger partial charge in [0.1, 0.15) is 5.82 Å². The average molecular weight is 262 g/mol. The van der Waals surface area contributed by atoms with Gasteiger partial charge in [0, 0.05) is 6.42 Å². The molecule has 0 N–H and O–H groups in total. The molecule has 0 aromatic carbocycles. The number of hydrogen-bond donors (Lipinski definition) is 0. The number of hydrogen-bond acceptors (Lipinski definition) is 3. The first-order valence-electron chi connectivity index (χ1n) is 6.45. The molecule has 1 atom stereocenters. The predicted molar refractivity (Wildman–Crippen MR) is 75.5 cm³/mol. The largest absolute Gasteiger partial charge is 0.482 e. The quantitative estimate of drug-likeness (QED) is 0.850. The van der Waals surface area contributed by atoms with Crippen LogP contribution in [0.15, 0.2) is 24.4 Å². The van der Waals surface area contributed by atoms with Gasteiger partial charge < -0.3 is 4.74 Å². The maximum Gasteiger partial charge on any atom is 0.199 e. The van der Waals surface area contributed by atoms with Gasteiger partial charge >= 0.3 is 0 Å². The summed E-state index contributed by atoms with van der Waals surface area (Å²) in [6, 6.07) is 6.08. The number of thioether (sulfide) groups is 1.